The Hall–Kier alpha value is -2.12. The van der Waals surface area contributed by atoms with Crippen molar-refractivity contribution >= 4 is 0 Å². The summed E-state index contributed by atoms with van der Waals surface area (Å²) >= 11 is 0. The Morgan fingerprint density at radius 2 is 1.77 bits per heavy atom. The van der Waals surface area contributed by atoms with E-state index in [-0.39, 0.29) is 27.7 Å². The molecule has 8 unspecified atom stereocenters. The van der Waals surface area contributed by atoms with Crippen LogP contribution in [0.15, 0.2) is 60.4 Å². The predicted octanol–water partition coefficient (Wildman–Crippen LogP) is 8.72. The number of hydrogen-bond donors (Lipinski definition) is 2. The minimum atomic E-state index is -1.48. The number of allylic oxidation sites excluding steroid dienone is 6. The number of hydrogen-bond acceptors (Lipinski definition) is 3. The fourth-order valence-corrected chi connectivity index (χ4v) is 9.62. The van der Waals surface area contributed by atoms with E-state index in [9.17, 15) is 5.26 Å². The van der Waals surface area contributed by atoms with Gasteiger partial charge in [-0.25, -0.2) is 4.39 Å². The Morgan fingerprint density at radius 1 is 1.12 bits per heavy atom. The summed E-state index contributed by atoms with van der Waals surface area (Å²) in [4.78, 5) is 0. The fourth-order valence-electron chi connectivity index (χ4n) is 9.62. The summed E-state index contributed by atoms with van der Waals surface area (Å²) in [5.74, 6) is 1.22. The Balaban J connectivity index is 1.86. The second-order valence-electron chi connectivity index (χ2n) is 15.8. The normalized spacial score (nSPS) is 40.8. The quantitative estimate of drug-likeness (QED) is 0.258. The predicted molar refractivity (Wildman–Crippen MR) is 166 cm³/mol. The van der Waals surface area contributed by atoms with E-state index in [4.69, 9.17) is 12.3 Å². The average Bonchev–Trinajstić information content (AvgIpc) is 2.84. The monoisotopic (exact) mass is 547 g/mol. The van der Waals surface area contributed by atoms with Crippen LogP contribution in [0, 0.1) is 51.2 Å². The van der Waals surface area contributed by atoms with E-state index in [0.29, 0.717) is 23.5 Å². The number of nitrogens with one attached hydrogen (secondary N) is 1. The van der Waals surface area contributed by atoms with Crippen molar-refractivity contribution in [2.45, 2.75) is 117 Å². The van der Waals surface area contributed by atoms with Gasteiger partial charge in [0.05, 0.1) is 6.07 Å². The van der Waals surface area contributed by atoms with Crippen molar-refractivity contribution in [2.75, 3.05) is 0 Å². The van der Waals surface area contributed by atoms with E-state index in [1.807, 2.05) is 13.0 Å². The van der Waals surface area contributed by atoms with Gasteiger partial charge in [-0.15, -0.1) is 6.58 Å². The summed E-state index contributed by atoms with van der Waals surface area (Å²) in [5.41, 5.74) is 8.27. The number of alkyl halides is 1. The van der Waals surface area contributed by atoms with Crippen molar-refractivity contribution in [3.63, 3.8) is 0 Å². The molecular formula is C36H54FN3. The van der Waals surface area contributed by atoms with Crippen LogP contribution in [0.4, 0.5) is 4.39 Å². The van der Waals surface area contributed by atoms with E-state index in [1.165, 1.54) is 11.1 Å². The van der Waals surface area contributed by atoms with Crippen LogP contribution in [0.2, 0.25) is 0 Å². The van der Waals surface area contributed by atoms with Crippen LogP contribution in [0.1, 0.15) is 100 Å². The van der Waals surface area contributed by atoms with Gasteiger partial charge in [-0.1, -0.05) is 70.2 Å². The summed E-state index contributed by atoms with van der Waals surface area (Å²) in [6, 6.07) is 2.38. The second-order valence-corrected chi connectivity index (χ2v) is 15.8. The first-order chi connectivity index (χ1) is 18.3. The van der Waals surface area contributed by atoms with Crippen LogP contribution >= 0.6 is 0 Å². The van der Waals surface area contributed by atoms with E-state index in [1.54, 1.807) is 13.8 Å². The molecule has 4 aliphatic carbocycles. The standard InChI is InChI=1S/C36H54FN3/c1-12-35(11,39)28-14-15-33(9)26-13-16-36(40-25(4)32(7,8)37)18-17-31(5,6)21-27(36)30(26)24(3)19-29(33)34(28,10)20-23(2)22-38/h12,19-20,26-28,30,40H,1,3-4,13-18,21,39H2,2,5-11H3/b23-20+. The Morgan fingerprint density at radius 3 is 2.35 bits per heavy atom. The van der Waals surface area contributed by atoms with Gasteiger partial charge >= 0.3 is 0 Å². The lowest BCUT2D eigenvalue weighted by Crippen LogP contribution is -2.65. The fraction of sp³-hybridized carbons (Fsp3) is 0.694. The van der Waals surface area contributed by atoms with E-state index in [2.05, 4.69) is 71.3 Å². The largest absolute Gasteiger partial charge is 0.380 e. The van der Waals surface area contributed by atoms with Gasteiger partial charge in [0.25, 0.3) is 0 Å². The Bertz CT molecular complexity index is 1190. The van der Waals surface area contributed by atoms with Crippen LogP contribution in [0.25, 0.3) is 0 Å². The average molecular weight is 548 g/mol. The number of nitrogens with zero attached hydrogens (tertiary/aromatic N) is 1. The van der Waals surface area contributed by atoms with Crippen molar-refractivity contribution in [1.29, 1.82) is 5.26 Å². The maximum absolute atomic E-state index is 15.1. The van der Waals surface area contributed by atoms with Crippen molar-refractivity contribution in [3.8, 4) is 6.07 Å². The topological polar surface area (TPSA) is 61.8 Å². The zero-order valence-electron chi connectivity index (χ0n) is 26.5. The van der Waals surface area contributed by atoms with Crippen LogP contribution in [-0.2, 0) is 0 Å². The maximum Gasteiger partial charge on any atom is 0.144 e. The van der Waals surface area contributed by atoms with Crippen molar-refractivity contribution in [1.82, 2.24) is 5.32 Å². The molecule has 8 atom stereocenters. The first-order valence-corrected chi connectivity index (χ1v) is 15.4. The molecule has 0 aliphatic heterocycles. The summed E-state index contributed by atoms with van der Waals surface area (Å²) in [6.07, 6.45) is 13.8. The van der Waals surface area contributed by atoms with Crippen LogP contribution in [0.3, 0.4) is 0 Å². The SMILES string of the molecule is C=CC(C)(N)C1CCC2(C)C(=CC(=C)C3C4CC(C)(C)CCC4(NC(=C)C(C)(C)F)CCC32)C1(C)/C=C(\C)C#N. The first-order valence-electron chi connectivity index (χ1n) is 15.4. The lowest BCUT2D eigenvalue weighted by atomic mass is 9.40. The van der Waals surface area contributed by atoms with Crippen molar-refractivity contribution < 1.29 is 4.39 Å². The molecule has 0 spiro atoms. The molecule has 4 rings (SSSR count). The number of halogens is 1. The minimum Gasteiger partial charge on any atom is -0.380 e. The minimum absolute atomic E-state index is 0.0370. The number of nitrogens with two attached hydrogens (primary N) is 1. The molecule has 3 fully saturated rings. The van der Waals surface area contributed by atoms with Crippen LogP contribution < -0.4 is 11.1 Å². The third kappa shape index (κ3) is 4.85. The number of nitriles is 1. The van der Waals surface area contributed by atoms with Crippen molar-refractivity contribution in [2.24, 2.45) is 45.7 Å². The highest BCUT2D eigenvalue weighted by molar-refractivity contribution is 5.46. The van der Waals surface area contributed by atoms with Gasteiger partial charge in [-0.3, -0.25) is 0 Å². The molecule has 0 bridgehead atoms. The second kappa shape index (κ2) is 9.72. The summed E-state index contributed by atoms with van der Waals surface area (Å²) in [6.45, 7) is 29.7. The summed E-state index contributed by atoms with van der Waals surface area (Å²) in [7, 11) is 0. The maximum atomic E-state index is 15.1. The van der Waals surface area contributed by atoms with Gasteiger partial charge in [0, 0.05) is 27.8 Å². The molecule has 4 heteroatoms. The molecule has 0 heterocycles. The molecule has 220 valence electrons. The molecule has 3 N–H and O–H groups in total. The van der Waals surface area contributed by atoms with Crippen molar-refractivity contribution in [3.05, 3.63) is 60.4 Å². The molecule has 0 radical (unpaired) electrons. The van der Waals surface area contributed by atoms with Gasteiger partial charge in [-0.2, -0.15) is 5.26 Å². The molecule has 0 saturated heterocycles. The van der Waals surface area contributed by atoms with Crippen LogP contribution in [-0.4, -0.2) is 16.7 Å². The van der Waals surface area contributed by atoms with Gasteiger partial charge in [-0.05, 0) is 107 Å². The van der Waals surface area contributed by atoms with Gasteiger partial charge < -0.3 is 11.1 Å². The third-order valence-electron chi connectivity index (χ3n) is 11.9. The number of fused-ring (bicyclic) bond motifs is 5. The van der Waals surface area contributed by atoms with E-state index < -0.39 is 11.2 Å². The molecule has 4 aliphatic rings. The molecule has 40 heavy (non-hydrogen) atoms. The molecule has 0 aromatic carbocycles. The highest BCUT2D eigenvalue weighted by Gasteiger charge is 2.63. The zero-order chi connectivity index (χ0) is 30.1. The molecule has 0 aromatic rings. The number of rotatable bonds is 6. The molecule has 3 saturated carbocycles. The van der Waals surface area contributed by atoms with E-state index in [0.717, 1.165) is 50.5 Å². The summed E-state index contributed by atoms with van der Waals surface area (Å²) in [5, 5.41) is 13.5. The Kier molecular flexibility index (Phi) is 7.49. The molecule has 3 nitrogen and oxygen atoms in total. The first kappa shape index (κ1) is 30.8. The highest BCUT2D eigenvalue weighted by Crippen LogP contribution is 2.69. The molecule has 0 aromatic heterocycles. The van der Waals surface area contributed by atoms with E-state index >= 15 is 4.39 Å². The zero-order valence-corrected chi connectivity index (χ0v) is 26.5. The summed E-state index contributed by atoms with van der Waals surface area (Å²) < 4.78 is 15.1. The van der Waals surface area contributed by atoms with Crippen LogP contribution in [0.5, 0.6) is 0 Å². The van der Waals surface area contributed by atoms with Gasteiger partial charge in [0.2, 0.25) is 0 Å². The highest BCUT2D eigenvalue weighted by atomic mass is 19.1. The lowest BCUT2D eigenvalue weighted by molar-refractivity contribution is -0.0649. The molecular weight excluding hydrogens is 493 g/mol. The van der Waals surface area contributed by atoms with Gasteiger partial charge in [0.1, 0.15) is 5.67 Å². The Labute approximate surface area is 243 Å². The van der Waals surface area contributed by atoms with Gasteiger partial charge in [0.15, 0.2) is 0 Å². The smallest absolute Gasteiger partial charge is 0.144 e. The molecule has 0 amide bonds. The third-order valence-corrected chi connectivity index (χ3v) is 11.9. The lowest BCUT2D eigenvalue weighted by Gasteiger charge is -2.66.